The molecule has 0 aliphatic heterocycles. The molecule has 1 aromatic rings. The molecule has 0 radical (unpaired) electrons. The molecule has 0 saturated carbocycles. The fourth-order valence-electron chi connectivity index (χ4n) is 1.32. The van der Waals surface area contributed by atoms with Gasteiger partial charge in [0.1, 0.15) is 17.8 Å². The van der Waals surface area contributed by atoms with Crippen molar-refractivity contribution < 1.29 is 15.0 Å². The zero-order valence-corrected chi connectivity index (χ0v) is 8.16. The molecule has 1 rings (SSSR count). The predicted molar refractivity (Wildman–Crippen MR) is 53.5 cm³/mol. The highest BCUT2D eigenvalue weighted by atomic mass is 16.3. The maximum Gasteiger partial charge on any atom is 0.125 e. The molecule has 0 heterocycles. The van der Waals surface area contributed by atoms with Gasteiger partial charge in [0, 0.05) is 12.0 Å². The number of hydrogen-bond donors (Lipinski definition) is 2. The molecule has 0 spiro atoms. The van der Waals surface area contributed by atoms with Crippen LogP contribution in [-0.2, 0) is 11.2 Å². The van der Waals surface area contributed by atoms with Crippen molar-refractivity contribution in [3.63, 3.8) is 0 Å². The van der Waals surface area contributed by atoms with Crippen molar-refractivity contribution in [3.05, 3.63) is 23.3 Å². The van der Waals surface area contributed by atoms with Crippen LogP contribution in [0.3, 0.4) is 0 Å². The van der Waals surface area contributed by atoms with Crippen molar-refractivity contribution in [2.45, 2.75) is 26.2 Å². The monoisotopic (exact) mass is 194 g/mol. The quantitative estimate of drug-likeness (QED) is 0.568. The van der Waals surface area contributed by atoms with E-state index in [4.69, 9.17) is 0 Å². The number of hydrogen-bond acceptors (Lipinski definition) is 3. The molecule has 76 valence electrons. The standard InChI is InChI=1S/C11H14O3/c1-8-10(13)6-5-9(11(8)14)4-2-3-7-12/h5-7,13-14H,2-4H2,1H3. The molecule has 0 aliphatic rings. The van der Waals surface area contributed by atoms with Gasteiger partial charge in [-0.1, -0.05) is 6.07 Å². The summed E-state index contributed by atoms with van der Waals surface area (Å²) in [6, 6.07) is 3.24. The molecule has 14 heavy (non-hydrogen) atoms. The molecule has 0 fully saturated rings. The first kappa shape index (κ1) is 10.6. The van der Waals surface area contributed by atoms with E-state index in [0.29, 0.717) is 18.4 Å². The summed E-state index contributed by atoms with van der Waals surface area (Å²) in [6.45, 7) is 1.66. The van der Waals surface area contributed by atoms with Gasteiger partial charge in [0.2, 0.25) is 0 Å². The van der Waals surface area contributed by atoms with Crippen LogP contribution in [0.4, 0.5) is 0 Å². The third-order valence-electron chi connectivity index (χ3n) is 2.25. The number of rotatable bonds is 4. The number of carbonyl (C=O) groups is 1. The number of aromatic hydroxyl groups is 2. The van der Waals surface area contributed by atoms with E-state index in [1.54, 1.807) is 19.1 Å². The average Bonchev–Trinajstić information content (AvgIpc) is 2.18. The molecule has 0 bridgehead atoms. The zero-order valence-electron chi connectivity index (χ0n) is 8.16. The van der Waals surface area contributed by atoms with Crippen LogP contribution < -0.4 is 0 Å². The third-order valence-corrected chi connectivity index (χ3v) is 2.25. The topological polar surface area (TPSA) is 57.5 Å². The van der Waals surface area contributed by atoms with E-state index in [1.807, 2.05) is 0 Å². The van der Waals surface area contributed by atoms with Crippen LogP contribution in [0.25, 0.3) is 0 Å². The van der Waals surface area contributed by atoms with Crippen molar-refractivity contribution in [1.29, 1.82) is 0 Å². The van der Waals surface area contributed by atoms with Crippen LogP contribution >= 0.6 is 0 Å². The second kappa shape index (κ2) is 4.65. The van der Waals surface area contributed by atoms with E-state index >= 15 is 0 Å². The van der Waals surface area contributed by atoms with Crippen molar-refractivity contribution in [2.75, 3.05) is 0 Å². The van der Waals surface area contributed by atoms with E-state index in [1.165, 1.54) is 0 Å². The van der Waals surface area contributed by atoms with E-state index in [2.05, 4.69) is 0 Å². The van der Waals surface area contributed by atoms with Crippen LogP contribution in [0.2, 0.25) is 0 Å². The zero-order chi connectivity index (χ0) is 10.6. The molecule has 0 aliphatic carbocycles. The van der Waals surface area contributed by atoms with Crippen LogP contribution in [0.15, 0.2) is 12.1 Å². The maximum atomic E-state index is 10.1. The van der Waals surface area contributed by atoms with Gasteiger partial charge in [-0.2, -0.15) is 0 Å². The Morgan fingerprint density at radius 2 is 2.07 bits per heavy atom. The lowest BCUT2D eigenvalue weighted by Gasteiger charge is -2.07. The fraction of sp³-hybridized carbons (Fsp3) is 0.364. The Balaban J connectivity index is 2.78. The first-order chi connectivity index (χ1) is 6.66. The summed E-state index contributed by atoms with van der Waals surface area (Å²) in [5.74, 6) is 0.234. The Hall–Kier alpha value is -1.51. The Kier molecular flexibility index (Phi) is 3.51. The van der Waals surface area contributed by atoms with Crippen molar-refractivity contribution in [2.24, 2.45) is 0 Å². The van der Waals surface area contributed by atoms with Gasteiger partial charge in [-0.3, -0.25) is 0 Å². The van der Waals surface area contributed by atoms with E-state index in [9.17, 15) is 15.0 Å². The van der Waals surface area contributed by atoms with Crippen LogP contribution in [0.5, 0.6) is 11.5 Å². The highest BCUT2D eigenvalue weighted by Crippen LogP contribution is 2.30. The summed E-state index contributed by atoms with van der Waals surface area (Å²) in [5, 5.41) is 18.9. The maximum absolute atomic E-state index is 10.1. The van der Waals surface area contributed by atoms with Crippen LogP contribution in [-0.4, -0.2) is 16.5 Å². The number of phenolic OH excluding ortho intramolecular Hbond substituents is 2. The van der Waals surface area contributed by atoms with Gasteiger partial charge in [0.15, 0.2) is 0 Å². The first-order valence-corrected chi connectivity index (χ1v) is 4.61. The first-order valence-electron chi connectivity index (χ1n) is 4.61. The average molecular weight is 194 g/mol. The van der Waals surface area contributed by atoms with Crippen LogP contribution in [0, 0.1) is 6.92 Å². The molecule has 3 heteroatoms. The van der Waals surface area contributed by atoms with Gasteiger partial charge in [0.25, 0.3) is 0 Å². The number of unbranched alkanes of at least 4 members (excludes halogenated alkanes) is 1. The second-order valence-corrected chi connectivity index (χ2v) is 3.28. The van der Waals surface area contributed by atoms with Gasteiger partial charge < -0.3 is 15.0 Å². The molecule has 2 N–H and O–H groups in total. The van der Waals surface area contributed by atoms with E-state index in [-0.39, 0.29) is 11.5 Å². The molecule has 0 aromatic heterocycles. The number of benzene rings is 1. The molecule has 1 aromatic carbocycles. The lowest BCUT2D eigenvalue weighted by molar-refractivity contribution is -0.107. The van der Waals surface area contributed by atoms with Crippen molar-refractivity contribution in [3.8, 4) is 11.5 Å². The SMILES string of the molecule is Cc1c(O)ccc(CCCC=O)c1O. The second-order valence-electron chi connectivity index (χ2n) is 3.28. The molecule has 0 unspecified atom stereocenters. The number of carbonyl (C=O) groups excluding carboxylic acids is 1. The predicted octanol–water partition coefficient (Wildman–Crippen LogP) is 1.93. The summed E-state index contributed by atoms with van der Waals surface area (Å²) < 4.78 is 0. The Labute approximate surface area is 83.0 Å². The van der Waals surface area contributed by atoms with E-state index in [0.717, 1.165) is 18.3 Å². The summed E-state index contributed by atoms with van der Waals surface area (Å²) in [4.78, 5) is 10.1. The largest absolute Gasteiger partial charge is 0.508 e. The minimum Gasteiger partial charge on any atom is -0.508 e. The Morgan fingerprint density at radius 3 is 2.71 bits per heavy atom. The van der Waals surface area contributed by atoms with Gasteiger partial charge in [-0.15, -0.1) is 0 Å². The number of aryl methyl sites for hydroxylation is 1. The minimum atomic E-state index is 0.0987. The smallest absolute Gasteiger partial charge is 0.125 e. The normalized spacial score (nSPS) is 10.1. The van der Waals surface area contributed by atoms with Gasteiger partial charge in [0.05, 0.1) is 0 Å². The minimum absolute atomic E-state index is 0.0987. The lowest BCUT2D eigenvalue weighted by atomic mass is 10.0. The lowest BCUT2D eigenvalue weighted by Crippen LogP contribution is -1.89. The van der Waals surface area contributed by atoms with Gasteiger partial charge >= 0.3 is 0 Å². The Morgan fingerprint density at radius 1 is 1.36 bits per heavy atom. The molecule has 0 amide bonds. The summed E-state index contributed by atoms with van der Waals surface area (Å²) >= 11 is 0. The molecule has 0 atom stereocenters. The van der Waals surface area contributed by atoms with Crippen molar-refractivity contribution >= 4 is 6.29 Å². The summed E-state index contributed by atoms with van der Waals surface area (Å²) in [7, 11) is 0. The van der Waals surface area contributed by atoms with Crippen LogP contribution in [0.1, 0.15) is 24.0 Å². The highest BCUT2D eigenvalue weighted by Gasteiger charge is 2.07. The van der Waals surface area contributed by atoms with E-state index < -0.39 is 0 Å². The van der Waals surface area contributed by atoms with Crippen molar-refractivity contribution in [1.82, 2.24) is 0 Å². The molecular formula is C11H14O3. The summed E-state index contributed by atoms with van der Waals surface area (Å²) in [6.07, 6.45) is 2.75. The number of aldehydes is 1. The highest BCUT2D eigenvalue weighted by molar-refractivity contribution is 5.50. The van der Waals surface area contributed by atoms with Gasteiger partial charge in [-0.05, 0) is 31.4 Å². The molecular weight excluding hydrogens is 180 g/mol. The summed E-state index contributed by atoms with van der Waals surface area (Å²) in [5.41, 5.74) is 1.27. The number of phenols is 2. The molecule has 3 nitrogen and oxygen atoms in total. The third kappa shape index (κ3) is 2.25. The van der Waals surface area contributed by atoms with Gasteiger partial charge in [-0.25, -0.2) is 0 Å². The Bertz CT molecular complexity index is 332. The fourth-order valence-corrected chi connectivity index (χ4v) is 1.32. The molecule has 0 saturated heterocycles.